The van der Waals surface area contributed by atoms with Gasteiger partial charge in [0.25, 0.3) is 0 Å². The minimum Gasteiger partial charge on any atom is -0.489 e. The molecule has 0 amide bonds. The van der Waals surface area contributed by atoms with Gasteiger partial charge < -0.3 is 10.5 Å². The zero-order valence-electron chi connectivity index (χ0n) is 8.92. The predicted octanol–water partition coefficient (Wildman–Crippen LogP) is 2.91. The molecule has 0 heterocycles. The van der Waals surface area contributed by atoms with Crippen LogP contribution in [0.15, 0.2) is 34.8 Å². The summed E-state index contributed by atoms with van der Waals surface area (Å²) in [4.78, 5) is 0. The second-order valence-electron chi connectivity index (χ2n) is 3.54. The number of halogens is 1. The van der Waals surface area contributed by atoms with Gasteiger partial charge in [0.2, 0.25) is 0 Å². The van der Waals surface area contributed by atoms with E-state index in [0.717, 1.165) is 22.2 Å². The topological polar surface area (TPSA) is 35.2 Å². The summed E-state index contributed by atoms with van der Waals surface area (Å²) in [7, 11) is 0. The maximum atomic E-state index is 5.55. The molecule has 15 heavy (non-hydrogen) atoms. The summed E-state index contributed by atoms with van der Waals surface area (Å²) >= 11 is 3.48. The van der Waals surface area contributed by atoms with Crippen molar-refractivity contribution in [1.82, 2.24) is 0 Å². The molecule has 0 aromatic heterocycles. The largest absolute Gasteiger partial charge is 0.489 e. The molecular formula is C12H16BrNO. The van der Waals surface area contributed by atoms with E-state index in [4.69, 9.17) is 10.5 Å². The number of hydrogen-bond acceptors (Lipinski definition) is 2. The molecule has 1 aromatic rings. The van der Waals surface area contributed by atoms with E-state index in [1.807, 2.05) is 25.1 Å². The number of nitrogens with two attached hydrogens (primary N) is 1. The van der Waals surface area contributed by atoms with Crippen LogP contribution in [0.3, 0.4) is 0 Å². The smallest absolute Gasteiger partial charge is 0.120 e. The Kier molecular flexibility index (Phi) is 4.85. The summed E-state index contributed by atoms with van der Waals surface area (Å²) in [6.07, 6.45) is 0.852. The lowest BCUT2D eigenvalue weighted by molar-refractivity contribution is 0.352. The minimum atomic E-state index is 0.559. The molecule has 0 saturated carbocycles. The predicted molar refractivity (Wildman–Crippen MR) is 67.2 cm³/mol. The molecule has 0 radical (unpaired) electrons. The molecule has 0 aliphatic carbocycles. The van der Waals surface area contributed by atoms with E-state index in [1.54, 1.807) is 0 Å². The van der Waals surface area contributed by atoms with Gasteiger partial charge in [-0.25, -0.2) is 0 Å². The summed E-state index contributed by atoms with van der Waals surface area (Å²) < 4.78 is 6.63. The molecule has 0 saturated heterocycles. The molecule has 1 aromatic carbocycles. The van der Waals surface area contributed by atoms with Gasteiger partial charge >= 0.3 is 0 Å². The van der Waals surface area contributed by atoms with Crippen LogP contribution < -0.4 is 10.5 Å². The molecule has 0 aliphatic heterocycles. The molecule has 1 rings (SSSR count). The van der Waals surface area contributed by atoms with Crippen molar-refractivity contribution in [2.24, 2.45) is 5.73 Å². The van der Waals surface area contributed by atoms with Gasteiger partial charge in [0.15, 0.2) is 0 Å². The fraction of sp³-hybridized carbons (Fsp3) is 0.333. The first-order chi connectivity index (χ1) is 7.13. The fourth-order valence-corrected chi connectivity index (χ4v) is 1.64. The van der Waals surface area contributed by atoms with Crippen LogP contribution in [0.5, 0.6) is 5.75 Å². The number of rotatable bonds is 5. The fourth-order valence-electron chi connectivity index (χ4n) is 1.19. The first-order valence-electron chi connectivity index (χ1n) is 4.89. The van der Waals surface area contributed by atoms with E-state index in [9.17, 15) is 0 Å². The highest BCUT2D eigenvalue weighted by molar-refractivity contribution is 9.10. The Morgan fingerprint density at radius 2 is 2.27 bits per heavy atom. The molecule has 0 unspecified atom stereocenters. The second kappa shape index (κ2) is 5.93. The average molecular weight is 270 g/mol. The van der Waals surface area contributed by atoms with Crippen LogP contribution in [0.25, 0.3) is 0 Å². The first kappa shape index (κ1) is 12.3. The zero-order valence-corrected chi connectivity index (χ0v) is 10.5. The van der Waals surface area contributed by atoms with E-state index in [0.29, 0.717) is 13.2 Å². The Hall–Kier alpha value is -0.800. The van der Waals surface area contributed by atoms with Gasteiger partial charge in [-0.1, -0.05) is 22.5 Å². The Morgan fingerprint density at radius 3 is 2.87 bits per heavy atom. The molecule has 82 valence electrons. The summed E-state index contributed by atoms with van der Waals surface area (Å²) in [5, 5.41) is 0. The van der Waals surface area contributed by atoms with Crippen LogP contribution in [0, 0.1) is 0 Å². The molecule has 0 fully saturated rings. The van der Waals surface area contributed by atoms with Crippen molar-refractivity contribution >= 4 is 15.9 Å². The lowest BCUT2D eigenvalue weighted by Gasteiger charge is -2.09. The van der Waals surface area contributed by atoms with Gasteiger partial charge in [0.05, 0.1) is 0 Å². The summed E-state index contributed by atoms with van der Waals surface area (Å²) in [6.45, 7) is 6.94. The second-order valence-corrected chi connectivity index (χ2v) is 4.39. The zero-order chi connectivity index (χ0) is 11.3. The molecule has 3 heteroatoms. The molecule has 0 bridgehead atoms. The monoisotopic (exact) mass is 269 g/mol. The van der Waals surface area contributed by atoms with Crippen LogP contribution in [0.4, 0.5) is 0 Å². The highest BCUT2D eigenvalue weighted by Gasteiger charge is 2.01. The van der Waals surface area contributed by atoms with Gasteiger partial charge in [-0.3, -0.25) is 0 Å². The lowest BCUT2D eigenvalue weighted by atomic mass is 10.1. The van der Waals surface area contributed by atoms with Crippen molar-refractivity contribution in [2.45, 2.75) is 13.3 Å². The number of benzene rings is 1. The maximum absolute atomic E-state index is 5.55. The SMILES string of the molecule is C=C(C)COc1ccc(Br)c(CCN)c1. The van der Waals surface area contributed by atoms with Gasteiger partial charge in [0, 0.05) is 4.47 Å². The minimum absolute atomic E-state index is 0.559. The average Bonchev–Trinajstić information content (AvgIpc) is 2.19. The van der Waals surface area contributed by atoms with Crippen molar-refractivity contribution in [2.75, 3.05) is 13.2 Å². The Bertz CT molecular complexity index is 349. The van der Waals surface area contributed by atoms with E-state index >= 15 is 0 Å². The molecule has 0 aliphatic rings. The molecule has 2 nitrogen and oxygen atoms in total. The molecular weight excluding hydrogens is 254 g/mol. The van der Waals surface area contributed by atoms with E-state index in [-0.39, 0.29) is 0 Å². The van der Waals surface area contributed by atoms with Crippen LogP contribution in [-0.2, 0) is 6.42 Å². The van der Waals surface area contributed by atoms with Crippen molar-refractivity contribution in [3.05, 3.63) is 40.4 Å². The van der Waals surface area contributed by atoms with Crippen LogP contribution in [0.1, 0.15) is 12.5 Å². The normalized spacial score (nSPS) is 10.1. The van der Waals surface area contributed by atoms with Crippen LogP contribution >= 0.6 is 15.9 Å². The van der Waals surface area contributed by atoms with Gasteiger partial charge in [-0.05, 0) is 49.2 Å². The van der Waals surface area contributed by atoms with Gasteiger partial charge in [-0.15, -0.1) is 0 Å². The quantitative estimate of drug-likeness (QED) is 0.835. The van der Waals surface area contributed by atoms with Crippen LogP contribution in [-0.4, -0.2) is 13.2 Å². The standard InChI is InChI=1S/C12H16BrNO/c1-9(2)8-15-11-3-4-12(13)10(7-11)5-6-14/h3-4,7H,1,5-6,8,14H2,2H3. The van der Waals surface area contributed by atoms with Gasteiger partial charge in [0.1, 0.15) is 12.4 Å². The Balaban J connectivity index is 2.73. The number of hydrogen-bond donors (Lipinski definition) is 1. The Labute approximate surface area is 99.3 Å². The molecule has 2 N–H and O–H groups in total. The number of ether oxygens (including phenoxy) is 1. The third-order valence-electron chi connectivity index (χ3n) is 1.92. The van der Waals surface area contributed by atoms with Crippen molar-refractivity contribution < 1.29 is 4.74 Å². The molecule has 0 atom stereocenters. The van der Waals surface area contributed by atoms with Crippen molar-refractivity contribution in [3.63, 3.8) is 0 Å². The van der Waals surface area contributed by atoms with Crippen LogP contribution in [0.2, 0.25) is 0 Å². The first-order valence-corrected chi connectivity index (χ1v) is 5.68. The summed E-state index contributed by atoms with van der Waals surface area (Å²) in [6, 6.07) is 5.94. The highest BCUT2D eigenvalue weighted by Crippen LogP contribution is 2.23. The highest BCUT2D eigenvalue weighted by atomic mass is 79.9. The van der Waals surface area contributed by atoms with E-state index < -0.39 is 0 Å². The third kappa shape index (κ3) is 4.06. The summed E-state index contributed by atoms with van der Waals surface area (Å²) in [5.41, 5.74) is 7.72. The lowest BCUT2D eigenvalue weighted by Crippen LogP contribution is -2.04. The maximum Gasteiger partial charge on any atom is 0.120 e. The van der Waals surface area contributed by atoms with E-state index in [2.05, 4.69) is 22.5 Å². The Morgan fingerprint density at radius 1 is 1.53 bits per heavy atom. The summed E-state index contributed by atoms with van der Waals surface area (Å²) in [5.74, 6) is 0.865. The van der Waals surface area contributed by atoms with Gasteiger partial charge in [-0.2, -0.15) is 0 Å². The van der Waals surface area contributed by atoms with Crippen molar-refractivity contribution in [1.29, 1.82) is 0 Å². The van der Waals surface area contributed by atoms with Crippen molar-refractivity contribution in [3.8, 4) is 5.75 Å². The van der Waals surface area contributed by atoms with E-state index in [1.165, 1.54) is 5.56 Å². The molecule has 0 spiro atoms. The third-order valence-corrected chi connectivity index (χ3v) is 2.69.